The second-order valence-electron chi connectivity index (χ2n) is 13.4. The first-order valence-corrected chi connectivity index (χ1v) is 15.6. The predicted octanol–water partition coefficient (Wildman–Crippen LogP) is 5.11. The summed E-state index contributed by atoms with van der Waals surface area (Å²) >= 11 is 0. The molecule has 2 aromatic rings. The van der Waals surface area contributed by atoms with Gasteiger partial charge < -0.3 is 33.6 Å². The van der Waals surface area contributed by atoms with Crippen LogP contribution < -0.4 is 9.64 Å². The van der Waals surface area contributed by atoms with E-state index in [0.717, 1.165) is 63.1 Å². The summed E-state index contributed by atoms with van der Waals surface area (Å²) in [6.07, 6.45) is 5.17. The van der Waals surface area contributed by atoms with Crippen LogP contribution in [-0.4, -0.2) is 90.2 Å². The number of amides is 2. The molecule has 2 amide bonds. The number of likely N-dealkylation sites (tertiary alicyclic amines) is 2. The van der Waals surface area contributed by atoms with Crippen LogP contribution in [0.3, 0.4) is 0 Å². The number of carbonyl (C=O) groups excluding carboxylic acids is 2. The van der Waals surface area contributed by atoms with Crippen LogP contribution in [0.4, 0.5) is 15.3 Å². The van der Waals surface area contributed by atoms with Crippen LogP contribution in [0.25, 0.3) is 0 Å². The Morgan fingerprint density at radius 3 is 2.23 bits per heavy atom. The third kappa shape index (κ3) is 7.52. The van der Waals surface area contributed by atoms with Gasteiger partial charge in [-0.2, -0.15) is 0 Å². The topological polar surface area (TPSA) is 93.7 Å². The number of rotatable bonds is 7. The number of pyridine rings is 1. The van der Waals surface area contributed by atoms with Crippen LogP contribution in [-0.2, 0) is 20.8 Å². The minimum absolute atomic E-state index is 0.100. The van der Waals surface area contributed by atoms with Crippen molar-refractivity contribution < 1.29 is 28.5 Å². The summed E-state index contributed by atoms with van der Waals surface area (Å²) in [6, 6.07) is 13.9. The molecule has 0 N–H and O–H groups in total. The van der Waals surface area contributed by atoms with Crippen molar-refractivity contribution in [2.45, 2.75) is 77.0 Å². The zero-order valence-corrected chi connectivity index (χ0v) is 25.5. The molecule has 1 aromatic heterocycles. The van der Waals surface area contributed by atoms with Gasteiger partial charge in [-0.05, 0) is 45.2 Å². The van der Waals surface area contributed by atoms with Gasteiger partial charge in [-0.1, -0.05) is 30.3 Å². The van der Waals surface area contributed by atoms with E-state index < -0.39 is 5.60 Å². The standard InChI is InChI=1S/C33H44N4O6/c1-33(2,3)43-32(39)35-13-10-27(11-14-35)41-28-16-29(17-28)42-30-15-26(9-12-34-30)36-18-24-20-37(21-25(24)19-36)31(38)40-22-23-7-5-4-6-8-23/h4-9,12,15,24-25,27-29H,10-11,13-14,16-22H2,1-3H3/t24-,25+,28?,29?. The lowest BCUT2D eigenvalue weighted by Gasteiger charge is -2.39. The average molecular weight is 593 g/mol. The third-order valence-electron chi connectivity index (χ3n) is 8.85. The molecule has 0 bridgehead atoms. The Hall–Kier alpha value is -3.53. The summed E-state index contributed by atoms with van der Waals surface area (Å²) in [6.45, 7) is 10.6. The van der Waals surface area contributed by atoms with Crippen LogP contribution in [0.1, 0.15) is 52.0 Å². The van der Waals surface area contributed by atoms with E-state index in [1.807, 2.05) is 74.3 Å². The zero-order valence-electron chi connectivity index (χ0n) is 25.5. The number of hydrogen-bond donors (Lipinski definition) is 0. The molecule has 6 rings (SSSR count). The molecular formula is C33H44N4O6. The summed E-state index contributed by atoms with van der Waals surface area (Å²) in [4.78, 5) is 35.4. The van der Waals surface area contributed by atoms with Crippen molar-refractivity contribution in [3.05, 3.63) is 54.2 Å². The van der Waals surface area contributed by atoms with Gasteiger partial charge in [-0.25, -0.2) is 14.6 Å². The molecule has 0 spiro atoms. The predicted molar refractivity (Wildman–Crippen MR) is 161 cm³/mol. The maximum atomic E-state index is 12.6. The summed E-state index contributed by atoms with van der Waals surface area (Å²) in [5.41, 5.74) is 1.64. The lowest BCUT2D eigenvalue weighted by atomic mass is 9.91. The van der Waals surface area contributed by atoms with Crippen molar-refractivity contribution in [3.8, 4) is 5.88 Å². The minimum atomic E-state index is -0.477. The van der Waals surface area contributed by atoms with Crippen molar-refractivity contribution in [1.29, 1.82) is 0 Å². The van der Waals surface area contributed by atoms with Crippen LogP contribution >= 0.6 is 0 Å². The third-order valence-corrected chi connectivity index (χ3v) is 8.85. The number of anilines is 1. The van der Waals surface area contributed by atoms with Crippen molar-refractivity contribution in [3.63, 3.8) is 0 Å². The van der Waals surface area contributed by atoms with Gasteiger partial charge in [0.25, 0.3) is 0 Å². The minimum Gasteiger partial charge on any atom is -0.474 e. The first-order valence-electron chi connectivity index (χ1n) is 15.6. The number of fused-ring (bicyclic) bond motifs is 1. The van der Waals surface area contributed by atoms with Gasteiger partial charge >= 0.3 is 12.2 Å². The van der Waals surface area contributed by atoms with Gasteiger partial charge in [-0.3, -0.25) is 0 Å². The molecule has 10 heteroatoms. The van der Waals surface area contributed by atoms with E-state index in [4.69, 9.17) is 18.9 Å². The van der Waals surface area contributed by atoms with Gasteiger partial charge in [0.15, 0.2) is 0 Å². The van der Waals surface area contributed by atoms with Crippen molar-refractivity contribution >= 4 is 17.9 Å². The first-order chi connectivity index (χ1) is 20.7. The molecular weight excluding hydrogens is 548 g/mol. The van der Waals surface area contributed by atoms with E-state index >= 15 is 0 Å². The summed E-state index contributed by atoms with van der Waals surface area (Å²) in [5.74, 6) is 1.51. The van der Waals surface area contributed by atoms with Gasteiger partial charge in [0.05, 0.1) is 12.2 Å². The first kappa shape index (κ1) is 29.5. The Morgan fingerprint density at radius 2 is 1.56 bits per heavy atom. The van der Waals surface area contributed by atoms with Gasteiger partial charge in [-0.15, -0.1) is 0 Å². The molecule has 3 saturated heterocycles. The molecule has 4 aliphatic rings. The SMILES string of the molecule is CC(C)(C)OC(=O)N1CCC(OC2CC(Oc3cc(N4C[C@H]5CN(C(=O)OCc6ccccc6)C[C@H]5C4)ccn3)C2)CC1. The summed E-state index contributed by atoms with van der Waals surface area (Å²) in [5, 5.41) is 0. The highest BCUT2D eigenvalue weighted by atomic mass is 16.6. The number of hydrogen-bond acceptors (Lipinski definition) is 8. The average Bonchev–Trinajstić information content (AvgIpc) is 3.55. The number of benzene rings is 1. The van der Waals surface area contributed by atoms with Crippen LogP contribution in [0.15, 0.2) is 48.7 Å². The quantitative estimate of drug-likeness (QED) is 0.438. The van der Waals surface area contributed by atoms with Crippen LogP contribution in [0.2, 0.25) is 0 Å². The number of piperidine rings is 1. The van der Waals surface area contributed by atoms with E-state index in [9.17, 15) is 9.59 Å². The normalized spacial score (nSPS) is 25.7. The fourth-order valence-electron chi connectivity index (χ4n) is 6.49. The Morgan fingerprint density at radius 1 is 0.860 bits per heavy atom. The molecule has 0 radical (unpaired) electrons. The number of carbonyl (C=O) groups is 2. The highest BCUT2D eigenvalue weighted by Crippen LogP contribution is 2.36. The van der Waals surface area contributed by atoms with E-state index in [1.54, 1.807) is 4.90 Å². The van der Waals surface area contributed by atoms with Crippen LogP contribution in [0, 0.1) is 11.8 Å². The van der Waals surface area contributed by atoms with E-state index in [0.29, 0.717) is 37.4 Å². The molecule has 43 heavy (non-hydrogen) atoms. The van der Waals surface area contributed by atoms with Crippen molar-refractivity contribution in [2.75, 3.05) is 44.2 Å². The largest absolute Gasteiger partial charge is 0.474 e. The van der Waals surface area contributed by atoms with E-state index in [2.05, 4.69) is 9.88 Å². The number of aromatic nitrogens is 1. The molecule has 232 valence electrons. The lowest BCUT2D eigenvalue weighted by Crippen LogP contribution is -2.46. The van der Waals surface area contributed by atoms with Gasteiger partial charge in [0.2, 0.25) is 5.88 Å². The van der Waals surface area contributed by atoms with Crippen LogP contribution in [0.5, 0.6) is 5.88 Å². The van der Waals surface area contributed by atoms with Crippen molar-refractivity contribution in [1.82, 2.24) is 14.8 Å². The molecule has 1 saturated carbocycles. The highest BCUT2D eigenvalue weighted by molar-refractivity contribution is 5.68. The Bertz CT molecular complexity index is 1240. The second-order valence-corrected chi connectivity index (χ2v) is 13.4. The fraction of sp³-hybridized carbons (Fsp3) is 0.606. The smallest absolute Gasteiger partial charge is 0.410 e. The molecule has 2 atom stereocenters. The van der Waals surface area contributed by atoms with Gasteiger partial charge in [0, 0.05) is 81.9 Å². The highest BCUT2D eigenvalue weighted by Gasteiger charge is 2.42. The Kier molecular flexibility index (Phi) is 8.66. The Balaban J connectivity index is 0.900. The van der Waals surface area contributed by atoms with Gasteiger partial charge in [0.1, 0.15) is 18.3 Å². The maximum Gasteiger partial charge on any atom is 0.410 e. The molecule has 3 aliphatic heterocycles. The maximum absolute atomic E-state index is 12.6. The summed E-state index contributed by atoms with van der Waals surface area (Å²) < 4.78 is 23.6. The van der Waals surface area contributed by atoms with Crippen molar-refractivity contribution in [2.24, 2.45) is 11.8 Å². The molecule has 0 unspecified atom stereocenters. The van der Waals surface area contributed by atoms with E-state index in [-0.39, 0.29) is 30.5 Å². The molecule has 4 heterocycles. The number of nitrogens with zero attached hydrogens (tertiary/aromatic N) is 4. The monoisotopic (exact) mass is 592 g/mol. The zero-order chi connectivity index (χ0) is 30.0. The molecule has 10 nitrogen and oxygen atoms in total. The fourth-order valence-corrected chi connectivity index (χ4v) is 6.49. The molecule has 1 aliphatic carbocycles. The lowest BCUT2D eigenvalue weighted by molar-refractivity contribution is -0.110. The van der Waals surface area contributed by atoms with E-state index in [1.165, 1.54) is 0 Å². The molecule has 4 fully saturated rings. The second kappa shape index (κ2) is 12.6. The summed E-state index contributed by atoms with van der Waals surface area (Å²) in [7, 11) is 0. The Labute approximate surface area is 254 Å². The number of ether oxygens (including phenoxy) is 4. The molecule has 1 aromatic carbocycles.